The Labute approximate surface area is 110 Å². The predicted molar refractivity (Wildman–Crippen MR) is 71.6 cm³/mol. The molecule has 1 aromatic carbocycles. The number of carbonyl (C=O) groups excluding carboxylic acids is 1. The Kier molecular flexibility index (Phi) is 2.80. The molecular weight excluding hydrogens is 250 g/mol. The molecule has 3 rings (SSSR count). The lowest BCUT2D eigenvalue weighted by atomic mass is 10.1. The van der Waals surface area contributed by atoms with Gasteiger partial charge in [-0.3, -0.25) is 9.88 Å². The second-order valence-corrected chi connectivity index (χ2v) is 4.54. The molecule has 0 spiro atoms. The lowest BCUT2D eigenvalue weighted by Gasteiger charge is -2.22. The summed E-state index contributed by atoms with van der Waals surface area (Å²) in [5.41, 5.74) is 1.74. The third-order valence-corrected chi connectivity index (χ3v) is 3.26. The first-order chi connectivity index (χ1) is 8.81. The van der Waals surface area contributed by atoms with E-state index >= 15 is 0 Å². The number of para-hydroxylation sites is 1. The van der Waals surface area contributed by atoms with Gasteiger partial charge in [0.25, 0.3) is 0 Å². The van der Waals surface area contributed by atoms with Crippen LogP contribution in [0, 0.1) is 0 Å². The maximum absolute atomic E-state index is 11.9. The molecule has 1 aliphatic rings. The monoisotopic (exact) mass is 261 g/mol. The van der Waals surface area contributed by atoms with Crippen LogP contribution in [-0.4, -0.2) is 17.1 Å². The summed E-state index contributed by atoms with van der Waals surface area (Å²) in [7, 11) is 0. The predicted octanol–water partition coefficient (Wildman–Crippen LogP) is 3.07. The molecule has 0 aliphatic heterocycles. The zero-order valence-electron chi connectivity index (χ0n) is 9.64. The first-order valence-corrected chi connectivity index (χ1v) is 6.22. The van der Waals surface area contributed by atoms with E-state index in [1.807, 2.05) is 30.3 Å². The highest BCUT2D eigenvalue weighted by Crippen LogP contribution is 2.35. The summed E-state index contributed by atoms with van der Waals surface area (Å²) in [4.78, 5) is 20.1. The van der Waals surface area contributed by atoms with Crippen LogP contribution in [0.1, 0.15) is 12.8 Å². The van der Waals surface area contributed by atoms with E-state index in [4.69, 9.17) is 11.8 Å². The molecule has 1 heterocycles. The molecule has 1 saturated carbocycles. The van der Waals surface area contributed by atoms with Crippen molar-refractivity contribution in [2.75, 3.05) is 4.90 Å². The summed E-state index contributed by atoms with van der Waals surface area (Å²) in [6.07, 6.45) is 3.75. The van der Waals surface area contributed by atoms with E-state index in [1.165, 1.54) is 0 Å². The smallest absolute Gasteiger partial charge is 0.290 e. The molecule has 0 atom stereocenters. The molecule has 1 fully saturated rings. The highest BCUT2D eigenvalue weighted by Gasteiger charge is 2.34. The first kappa shape index (κ1) is 11.3. The van der Waals surface area contributed by atoms with Gasteiger partial charge >= 0.3 is 6.03 Å². The van der Waals surface area contributed by atoms with Gasteiger partial charge in [-0.2, -0.15) is 0 Å². The summed E-state index contributed by atoms with van der Waals surface area (Å²) in [5, 5.41) is 0.965. The molecule has 4 nitrogen and oxygen atoms in total. The van der Waals surface area contributed by atoms with Gasteiger partial charge in [0.05, 0.1) is 11.2 Å². The Hall–Kier alpha value is -1.81. The Balaban J connectivity index is 2.14. The summed E-state index contributed by atoms with van der Waals surface area (Å²) < 4.78 is 0. The van der Waals surface area contributed by atoms with Crippen LogP contribution in [0.3, 0.4) is 0 Å². The van der Waals surface area contributed by atoms with E-state index in [1.54, 1.807) is 11.1 Å². The summed E-state index contributed by atoms with van der Waals surface area (Å²) in [6.45, 7) is 0. The fourth-order valence-electron chi connectivity index (χ4n) is 2.14. The Morgan fingerprint density at radius 1 is 1.33 bits per heavy atom. The van der Waals surface area contributed by atoms with Gasteiger partial charge in [0.15, 0.2) is 0 Å². The van der Waals surface area contributed by atoms with Crippen molar-refractivity contribution in [3.05, 3.63) is 36.5 Å². The maximum atomic E-state index is 11.9. The number of aromatic nitrogens is 1. The first-order valence-electron chi connectivity index (χ1n) is 5.85. The minimum absolute atomic E-state index is 0.245. The lowest BCUT2D eigenvalue weighted by molar-refractivity contribution is 0.251. The van der Waals surface area contributed by atoms with Crippen molar-refractivity contribution < 1.29 is 4.79 Å². The molecule has 0 radical (unpaired) electrons. The van der Waals surface area contributed by atoms with Crippen LogP contribution < -0.4 is 9.74 Å². The Bertz CT molecular complexity index is 592. The fourth-order valence-corrected chi connectivity index (χ4v) is 2.23. The average molecular weight is 262 g/mol. The standard InChI is InChI=1S/C13H12ClN3O/c14-16-13(18)17(9-5-6-9)12-7-8-15-11-4-2-1-3-10(11)12/h1-4,7-9H,5-6H2,(H,16,18). The Morgan fingerprint density at radius 3 is 2.83 bits per heavy atom. The second-order valence-electron chi connectivity index (χ2n) is 4.35. The van der Waals surface area contributed by atoms with Crippen LogP contribution in [0.25, 0.3) is 10.9 Å². The van der Waals surface area contributed by atoms with Gasteiger partial charge in [-0.25, -0.2) is 9.63 Å². The number of carbonyl (C=O) groups is 1. The van der Waals surface area contributed by atoms with E-state index in [-0.39, 0.29) is 12.1 Å². The number of halogens is 1. The van der Waals surface area contributed by atoms with E-state index in [9.17, 15) is 4.79 Å². The molecule has 0 bridgehead atoms. The van der Waals surface area contributed by atoms with Crippen molar-refractivity contribution >= 4 is 34.4 Å². The highest BCUT2D eigenvalue weighted by atomic mass is 35.5. The third kappa shape index (κ3) is 1.88. The molecule has 0 saturated heterocycles. The van der Waals surface area contributed by atoms with Crippen LogP contribution in [0.15, 0.2) is 36.5 Å². The number of pyridine rings is 1. The van der Waals surface area contributed by atoms with Gasteiger partial charge in [-0.1, -0.05) is 18.2 Å². The second kappa shape index (κ2) is 4.46. The number of benzene rings is 1. The van der Waals surface area contributed by atoms with E-state index in [2.05, 4.69) is 9.82 Å². The van der Waals surface area contributed by atoms with Crippen molar-refractivity contribution in [3.63, 3.8) is 0 Å². The lowest BCUT2D eigenvalue weighted by Crippen LogP contribution is -2.37. The molecule has 0 unspecified atom stereocenters. The van der Waals surface area contributed by atoms with Crippen molar-refractivity contribution in [1.82, 2.24) is 9.82 Å². The van der Waals surface area contributed by atoms with Gasteiger partial charge in [-0.05, 0) is 25.0 Å². The molecule has 5 heteroatoms. The van der Waals surface area contributed by atoms with Crippen molar-refractivity contribution in [2.45, 2.75) is 18.9 Å². The minimum Gasteiger partial charge on any atom is -0.290 e. The van der Waals surface area contributed by atoms with E-state index < -0.39 is 0 Å². The largest absolute Gasteiger partial charge is 0.336 e. The third-order valence-electron chi connectivity index (χ3n) is 3.10. The van der Waals surface area contributed by atoms with E-state index in [0.29, 0.717) is 0 Å². The van der Waals surface area contributed by atoms with Crippen LogP contribution in [0.5, 0.6) is 0 Å². The number of nitrogens with zero attached hydrogens (tertiary/aromatic N) is 2. The topological polar surface area (TPSA) is 45.2 Å². The van der Waals surface area contributed by atoms with Crippen LogP contribution in [0.2, 0.25) is 0 Å². The summed E-state index contributed by atoms with van der Waals surface area (Å²) >= 11 is 5.46. The molecule has 92 valence electrons. The number of rotatable bonds is 2. The van der Waals surface area contributed by atoms with Crippen LogP contribution in [-0.2, 0) is 0 Å². The van der Waals surface area contributed by atoms with Crippen molar-refractivity contribution in [3.8, 4) is 0 Å². The summed E-state index contributed by atoms with van der Waals surface area (Å²) in [6, 6.07) is 9.59. The Morgan fingerprint density at radius 2 is 2.11 bits per heavy atom. The number of hydrogen-bond donors (Lipinski definition) is 1. The minimum atomic E-state index is -0.282. The molecule has 1 aliphatic carbocycles. The van der Waals surface area contributed by atoms with Gasteiger partial charge < -0.3 is 0 Å². The normalized spacial score (nSPS) is 14.5. The quantitative estimate of drug-likeness (QED) is 0.845. The number of hydrogen-bond acceptors (Lipinski definition) is 2. The molecule has 2 aromatic rings. The van der Waals surface area contributed by atoms with Gasteiger partial charge in [0.2, 0.25) is 0 Å². The molecular formula is C13H12ClN3O. The number of fused-ring (bicyclic) bond motifs is 1. The molecule has 1 aromatic heterocycles. The van der Waals surface area contributed by atoms with Crippen molar-refractivity contribution in [2.24, 2.45) is 0 Å². The SMILES string of the molecule is O=C(NCl)N(c1ccnc2ccccc12)C1CC1. The summed E-state index contributed by atoms with van der Waals surface area (Å²) in [5.74, 6) is 0. The van der Waals surface area contributed by atoms with Gasteiger partial charge in [0.1, 0.15) is 0 Å². The number of amides is 2. The number of urea groups is 1. The van der Waals surface area contributed by atoms with Crippen LogP contribution >= 0.6 is 11.8 Å². The number of nitrogens with one attached hydrogen (secondary N) is 1. The maximum Gasteiger partial charge on any atom is 0.336 e. The molecule has 2 amide bonds. The zero-order valence-corrected chi connectivity index (χ0v) is 10.4. The molecule has 18 heavy (non-hydrogen) atoms. The van der Waals surface area contributed by atoms with E-state index in [0.717, 1.165) is 29.4 Å². The number of anilines is 1. The van der Waals surface area contributed by atoms with Gasteiger partial charge in [-0.15, -0.1) is 0 Å². The highest BCUT2D eigenvalue weighted by molar-refractivity contribution is 6.24. The van der Waals surface area contributed by atoms with Gasteiger partial charge in [0, 0.05) is 29.4 Å². The average Bonchev–Trinajstić information content (AvgIpc) is 3.24. The molecule has 1 N–H and O–H groups in total. The fraction of sp³-hybridized carbons (Fsp3) is 0.231. The van der Waals surface area contributed by atoms with Crippen molar-refractivity contribution in [1.29, 1.82) is 0 Å². The zero-order chi connectivity index (χ0) is 12.5. The van der Waals surface area contributed by atoms with Crippen LogP contribution in [0.4, 0.5) is 10.5 Å².